The molecule has 15 heteroatoms. The van der Waals surface area contributed by atoms with Crippen molar-refractivity contribution in [3.63, 3.8) is 0 Å². The highest BCUT2D eigenvalue weighted by Crippen LogP contribution is 2.07. The van der Waals surface area contributed by atoms with E-state index in [1.807, 2.05) is 12.5 Å². The lowest BCUT2D eigenvalue weighted by molar-refractivity contribution is -0.145. The summed E-state index contributed by atoms with van der Waals surface area (Å²) in [7, 11) is 0. The number of aliphatic imine (C=N–C) groups is 1. The van der Waals surface area contributed by atoms with E-state index < -0.39 is 54.0 Å². The van der Waals surface area contributed by atoms with E-state index in [0.29, 0.717) is 37.3 Å². The van der Waals surface area contributed by atoms with E-state index >= 15 is 0 Å². The summed E-state index contributed by atoms with van der Waals surface area (Å²) in [5.74, 6) is -2.25. The number of hydrogen-bond acceptors (Lipinski definition) is 9. The second kappa shape index (κ2) is 18.1. The first-order valence-corrected chi connectivity index (χ1v) is 13.8. The van der Waals surface area contributed by atoms with Crippen LogP contribution in [0.25, 0.3) is 0 Å². The number of hydrogen-bond donors (Lipinski definition) is 8. The predicted octanol–water partition coefficient (Wildman–Crippen LogP) is -2.21. The fraction of sp³-hybridized carbons (Fsp3) is 0.750. The zero-order chi connectivity index (χ0) is 27.0. The molecule has 0 aromatic heterocycles. The largest absolute Gasteiger partial charge is 0.480 e. The molecule has 0 saturated heterocycles. The monoisotopic (exact) mass is 537 g/mol. The number of aliphatic carboxylic acids is 1. The molecule has 3 amide bonds. The average Bonchev–Trinajstić information content (AvgIpc) is 2.79. The maximum absolute atomic E-state index is 13.0. The van der Waals surface area contributed by atoms with Gasteiger partial charge in [0.15, 0.2) is 12.0 Å². The van der Waals surface area contributed by atoms with Crippen molar-refractivity contribution >= 4 is 53.2 Å². The molecule has 0 rings (SSSR count). The van der Waals surface area contributed by atoms with Gasteiger partial charge in [0.25, 0.3) is 0 Å². The Kier molecular flexibility index (Phi) is 16.9. The fourth-order valence-corrected chi connectivity index (χ4v) is 3.80. The summed E-state index contributed by atoms with van der Waals surface area (Å²) in [6.45, 7) is 1.55. The van der Waals surface area contributed by atoms with Crippen LogP contribution in [0, 0.1) is 0 Å². The third-order valence-electron chi connectivity index (χ3n) is 4.84. The van der Waals surface area contributed by atoms with Crippen molar-refractivity contribution in [1.82, 2.24) is 16.0 Å². The minimum absolute atomic E-state index is 0.0555. The number of carboxylic acid groups (broad SMARTS) is 1. The molecule has 0 aromatic rings. The van der Waals surface area contributed by atoms with Gasteiger partial charge in [-0.2, -0.15) is 23.5 Å². The molecule has 0 bridgehead atoms. The summed E-state index contributed by atoms with van der Waals surface area (Å²) in [5.41, 5.74) is 16.5. The first-order valence-electron chi connectivity index (χ1n) is 11.0. The molecule has 0 spiro atoms. The Morgan fingerprint density at radius 2 is 1.37 bits per heavy atom. The number of nitrogens with zero attached hydrogens (tertiary/aromatic N) is 1. The average molecular weight is 538 g/mol. The predicted molar refractivity (Wildman–Crippen MR) is 139 cm³/mol. The SMILES string of the molecule is CSCCC(NC(=O)C(N)CCCN=C(N)N)C(=O)NC(CCSC)C(=O)NC(C(=O)O)C(C)O. The van der Waals surface area contributed by atoms with Crippen molar-refractivity contribution in [2.45, 2.75) is 62.9 Å². The number of nitrogens with two attached hydrogens (primary N) is 3. The minimum Gasteiger partial charge on any atom is -0.480 e. The maximum Gasteiger partial charge on any atom is 0.328 e. The zero-order valence-corrected chi connectivity index (χ0v) is 22.0. The Labute approximate surface area is 214 Å². The Morgan fingerprint density at radius 1 is 0.886 bits per heavy atom. The van der Waals surface area contributed by atoms with Gasteiger partial charge in [-0.15, -0.1) is 0 Å². The minimum atomic E-state index is -1.53. The van der Waals surface area contributed by atoms with Gasteiger partial charge < -0.3 is 43.4 Å². The van der Waals surface area contributed by atoms with E-state index in [2.05, 4.69) is 20.9 Å². The summed E-state index contributed by atoms with van der Waals surface area (Å²) < 4.78 is 0. The van der Waals surface area contributed by atoms with E-state index in [9.17, 15) is 29.4 Å². The van der Waals surface area contributed by atoms with Gasteiger partial charge in [-0.3, -0.25) is 19.4 Å². The quantitative estimate of drug-likeness (QED) is 0.0530. The molecule has 0 fully saturated rings. The molecule has 0 aliphatic heterocycles. The van der Waals surface area contributed by atoms with Crippen LogP contribution in [-0.4, -0.2) is 101 Å². The third-order valence-corrected chi connectivity index (χ3v) is 6.13. The second-order valence-corrected chi connectivity index (χ2v) is 9.78. The van der Waals surface area contributed by atoms with E-state index in [4.69, 9.17) is 17.2 Å². The van der Waals surface area contributed by atoms with Crippen molar-refractivity contribution < 1.29 is 29.4 Å². The van der Waals surface area contributed by atoms with Crippen LogP contribution in [0.5, 0.6) is 0 Å². The molecule has 0 aliphatic carbocycles. The lowest BCUT2D eigenvalue weighted by atomic mass is 10.1. The number of carbonyl (C=O) groups excluding carboxylic acids is 3. The van der Waals surface area contributed by atoms with Crippen LogP contribution in [0.2, 0.25) is 0 Å². The maximum atomic E-state index is 13.0. The van der Waals surface area contributed by atoms with Crippen LogP contribution in [0.3, 0.4) is 0 Å². The zero-order valence-electron chi connectivity index (χ0n) is 20.4. The number of guanidine groups is 1. The first-order chi connectivity index (χ1) is 16.4. The van der Waals surface area contributed by atoms with Crippen LogP contribution >= 0.6 is 23.5 Å². The highest BCUT2D eigenvalue weighted by molar-refractivity contribution is 7.98. The number of thioether (sulfide) groups is 2. The molecule has 5 unspecified atom stereocenters. The smallest absolute Gasteiger partial charge is 0.328 e. The summed E-state index contributed by atoms with van der Waals surface area (Å²) in [6.07, 6.45) is 3.62. The molecule has 5 atom stereocenters. The van der Waals surface area contributed by atoms with Crippen LogP contribution in [0.4, 0.5) is 0 Å². The van der Waals surface area contributed by atoms with Crippen molar-refractivity contribution in [2.75, 3.05) is 30.6 Å². The molecule has 0 saturated carbocycles. The van der Waals surface area contributed by atoms with Gasteiger partial charge in [-0.1, -0.05) is 0 Å². The Bertz CT molecular complexity index is 722. The molecule has 0 radical (unpaired) electrons. The van der Waals surface area contributed by atoms with Crippen molar-refractivity contribution in [1.29, 1.82) is 0 Å². The number of aliphatic hydroxyl groups is 1. The number of aliphatic hydroxyl groups excluding tert-OH is 1. The number of nitrogens with one attached hydrogen (secondary N) is 3. The highest BCUT2D eigenvalue weighted by Gasteiger charge is 2.31. The molecule has 0 heterocycles. The van der Waals surface area contributed by atoms with Gasteiger partial charge in [0, 0.05) is 6.54 Å². The van der Waals surface area contributed by atoms with Gasteiger partial charge in [-0.05, 0) is 56.6 Å². The summed E-state index contributed by atoms with van der Waals surface area (Å²) in [5, 5.41) is 26.4. The van der Waals surface area contributed by atoms with E-state index in [0.717, 1.165) is 0 Å². The van der Waals surface area contributed by atoms with Gasteiger partial charge in [-0.25, -0.2) is 4.79 Å². The Hall–Kier alpha value is -2.23. The van der Waals surface area contributed by atoms with E-state index in [1.54, 1.807) is 0 Å². The van der Waals surface area contributed by atoms with E-state index in [-0.39, 0.29) is 12.4 Å². The molecule has 0 aliphatic rings. The van der Waals surface area contributed by atoms with E-state index in [1.165, 1.54) is 30.4 Å². The molecule has 202 valence electrons. The lowest BCUT2D eigenvalue weighted by Crippen LogP contribution is -2.58. The van der Waals surface area contributed by atoms with Gasteiger partial charge in [0.1, 0.15) is 12.1 Å². The molecule has 0 aromatic carbocycles. The van der Waals surface area contributed by atoms with Crippen molar-refractivity contribution in [3.05, 3.63) is 0 Å². The number of carbonyl (C=O) groups is 4. The van der Waals surface area contributed by atoms with Gasteiger partial charge >= 0.3 is 5.97 Å². The number of amides is 3. The summed E-state index contributed by atoms with van der Waals surface area (Å²) in [6, 6.07) is -4.42. The van der Waals surface area contributed by atoms with Crippen LogP contribution < -0.4 is 33.2 Å². The van der Waals surface area contributed by atoms with Crippen molar-refractivity contribution in [3.8, 4) is 0 Å². The van der Waals surface area contributed by atoms with Crippen molar-refractivity contribution in [2.24, 2.45) is 22.2 Å². The fourth-order valence-electron chi connectivity index (χ4n) is 2.85. The molecular weight excluding hydrogens is 498 g/mol. The van der Waals surface area contributed by atoms with Gasteiger partial charge in [0.05, 0.1) is 12.1 Å². The Morgan fingerprint density at radius 3 is 1.80 bits per heavy atom. The molecule has 13 nitrogen and oxygen atoms in total. The topological polar surface area (TPSA) is 235 Å². The number of rotatable bonds is 18. The highest BCUT2D eigenvalue weighted by atomic mass is 32.2. The van der Waals surface area contributed by atoms with Crippen LogP contribution in [0.15, 0.2) is 4.99 Å². The second-order valence-electron chi connectivity index (χ2n) is 7.81. The molecule has 35 heavy (non-hydrogen) atoms. The molecule has 11 N–H and O–H groups in total. The lowest BCUT2D eigenvalue weighted by Gasteiger charge is -2.25. The summed E-state index contributed by atoms with van der Waals surface area (Å²) >= 11 is 2.92. The van der Waals surface area contributed by atoms with Crippen LogP contribution in [-0.2, 0) is 19.2 Å². The number of carboxylic acids is 1. The van der Waals surface area contributed by atoms with Gasteiger partial charge in [0.2, 0.25) is 17.7 Å². The standard InChI is InChI=1S/C20H39N7O6S2/c1-11(28)15(19(32)33)27-18(31)14(7-10-35-3)26-17(30)13(6-9-34-2)25-16(29)12(21)5-4-8-24-20(22)23/h11-15,28H,4-10,21H2,1-3H3,(H,25,29)(H,26,30)(H,27,31)(H,32,33)(H4,22,23,24). The first kappa shape index (κ1) is 32.8. The Balaban J connectivity index is 5.31. The summed E-state index contributed by atoms with van der Waals surface area (Å²) in [4.78, 5) is 53.4. The third kappa shape index (κ3) is 14.0. The normalized spacial score (nSPS) is 15.1. The molecular formula is C20H39N7O6S2. The van der Waals surface area contributed by atoms with Crippen LogP contribution in [0.1, 0.15) is 32.6 Å².